The number of hydrogen-bond acceptors (Lipinski definition) is 4. The Hall–Kier alpha value is -1.24. The Kier molecular flexibility index (Phi) is 3.57. The van der Waals surface area contributed by atoms with Gasteiger partial charge in [-0.05, 0) is 6.42 Å². The summed E-state index contributed by atoms with van der Waals surface area (Å²) in [4.78, 5) is 1.63. The monoisotopic (exact) mass is 208 g/mol. The van der Waals surface area contributed by atoms with Crippen LogP contribution in [0.3, 0.4) is 0 Å². The van der Waals surface area contributed by atoms with Crippen LogP contribution >= 0.6 is 0 Å². The molecule has 15 heavy (non-hydrogen) atoms. The standard InChI is InChI=1S/C11H20N4/c1-5-6-7-15-10(11(2,3)4)14(8-12)9-13-15/h9-10H,5-7H2,1-4H3. The molecule has 0 aromatic heterocycles. The quantitative estimate of drug-likeness (QED) is 0.668. The number of hydrazone groups is 1. The van der Waals surface area contributed by atoms with Crippen LogP contribution < -0.4 is 0 Å². The Labute approximate surface area is 92.2 Å². The van der Waals surface area contributed by atoms with Gasteiger partial charge in [-0.3, -0.25) is 5.01 Å². The number of nitrogens with zero attached hydrogens (tertiary/aromatic N) is 4. The van der Waals surface area contributed by atoms with Crippen molar-refractivity contribution in [2.24, 2.45) is 10.5 Å². The maximum absolute atomic E-state index is 9.00. The smallest absolute Gasteiger partial charge is 0.187 e. The highest BCUT2D eigenvalue weighted by Gasteiger charge is 2.37. The molecule has 1 atom stereocenters. The van der Waals surface area contributed by atoms with E-state index in [1.165, 1.54) is 0 Å². The van der Waals surface area contributed by atoms with Gasteiger partial charge in [-0.15, -0.1) is 0 Å². The first-order chi connectivity index (χ1) is 7.00. The minimum atomic E-state index is 0.0277. The van der Waals surface area contributed by atoms with Crippen LogP contribution in [0.4, 0.5) is 0 Å². The van der Waals surface area contributed by atoms with Gasteiger partial charge in [0.05, 0.1) is 0 Å². The molecule has 0 radical (unpaired) electrons. The Bertz CT molecular complexity index is 271. The van der Waals surface area contributed by atoms with Crippen LogP contribution in [-0.2, 0) is 0 Å². The van der Waals surface area contributed by atoms with Crippen LogP contribution in [0.15, 0.2) is 5.10 Å². The minimum Gasteiger partial charge on any atom is -0.271 e. The highest BCUT2D eigenvalue weighted by Crippen LogP contribution is 2.29. The maximum Gasteiger partial charge on any atom is 0.187 e. The largest absolute Gasteiger partial charge is 0.271 e. The molecule has 0 aliphatic carbocycles. The van der Waals surface area contributed by atoms with E-state index in [0.717, 1.165) is 19.4 Å². The summed E-state index contributed by atoms with van der Waals surface area (Å²) in [5.41, 5.74) is 0.0277. The Morgan fingerprint density at radius 1 is 1.47 bits per heavy atom. The van der Waals surface area contributed by atoms with Crippen molar-refractivity contribution in [3.8, 4) is 6.19 Å². The van der Waals surface area contributed by atoms with Gasteiger partial charge in [-0.25, -0.2) is 4.90 Å². The molecule has 4 nitrogen and oxygen atoms in total. The van der Waals surface area contributed by atoms with Crippen molar-refractivity contribution in [2.45, 2.75) is 46.7 Å². The number of nitriles is 1. The van der Waals surface area contributed by atoms with Crippen LogP contribution in [0.25, 0.3) is 0 Å². The van der Waals surface area contributed by atoms with Crippen molar-refractivity contribution < 1.29 is 0 Å². The molecular formula is C11H20N4. The van der Waals surface area contributed by atoms with E-state index in [0.29, 0.717) is 0 Å². The molecule has 1 aliphatic rings. The molecule has 4 heteroatoms. The third kappa shape index (κ3) is 2.62. The Balaban J connectivity index is 2.73. The van der Waals surface area contributed by atoms with Gasteiger partial charge >= 0.3 is 0 Å². The molecule has 0 fully saturated rings. The molecular weight excluding hydrogens is 188 g/mol. The summed E-state index contributed by atoms with van der Waals surface area (Å²) in [6, 6.07) is 0. The normalized spacial score (nSPS) is 20.9. The summed E-state index contributed by atoms with van der Waals surface area (Å²) in [7, 11) is 0. The lowest BCUT2D eigenvalue weighted by atomic mass is 9.91. The van der Waals surface area contributed by atoms with Crippen molar-refractivity contribution in [3.05, 3.63) is 0 Å². The number of rotatable bonds is 3. The number of unbranched alkanes of at least 4 members (excludes halogenated alkanes) is 1. The second-order valence-electron chi connectivity index (χ2n) is 4.99. The van der Waals surface area contributed by atoms with Crippen molar-refractivity contribution in [2.75, 3.05) is 6.54 Å². The predicted octanol–water partition coefficient (Wildman–Crippen LogP) is 2.20. The molecule has 1 heterocycles. The molecule has 0 N–H and O–H groups in total. The summed E-state index contributed by atoms with van der Waals surface area (Å²) in [5, 5.41) is 15.3. The fourth-order valence-corrected chi connectivity index (χ4v) is 1.84. The molecule has 1 aliphatic heterocycles. The number of hydrogen-bond donors (Lipinski definition) is 0. The Morgan fingerprint density at radius 3 is 2.60 bits per heavy atom. The zero-order chi connectivity index (χ0) is 11.5. The molecule has 1 rings (SSSR count). The lowest BCUT2D eigenvalue weighted by Crippen LogP contribution is -2.46. The topological polar surface area (TPSA) is 42.6 Å². The highest BCUT2D eigenvalue weighted by atomic mass is 15.6. The lowest BCUT2D eigenvalue weighted by Gasteiger charge is -2.36. The highest BCUT2D eigenvalue weighted by molar-refractivity contribution is 5.59. The Morgan fingerprint density at radius 2 is 2.13 bits per heavy atom. The van der Waals surface area contributed by atoms with Crippen LogP contribution in [0.5, 0.6) is 0 Å². The van der Waals surface area contributed by atoms with Crippen molar-refractivity contribution >= 4 is 6.34 Å². The first kappa shape index (κ1) is 11.8. The first-order valence-electron chi connectivity index (χ1n) is 5.49. The van der Waals surface area contributed by atoms with Crippen LogP contribution in [-0.4, -0.2) is 29.0 Å². The molecule has 0 bridgehead atoms. The van der Waals surface area contributed by atoms with Gasteiger partial charge in [0.25, 0.3) is 0 Å². The van der Waals surface area contributed by atoms with Crippen molar-refractivity contribution in [3.63, 3.8) is 0 Å². The maximum atomic E-state index is 9.00. The molecule has 0 aromatic carbocycles. The van der Waals surface area contributed by atoms with E-state index in [4.69, 9.17) is 5.26 Å². The predicted molar refractivity (Wildman–Crippen MR) is 60.8 cm³/mol. The summed E-state index contributed by atoms with van der Waals surface area (Å²) < 4.78 is 0. The second kappa shape index (κ2) is 4.52. The fraction of sp³-hybridized carbons (Fsp3) is 0.818. The zero-order valence-corrected chi connectivity index (χ0v) is 10.1. The van der Waals surface area contributed by atoms with E-state index in [1.807, 2.05) is 5.01 Å². The van der Waals surface area contributed by atoms with Gasteiger partial charge in [0.15, 0.2) is 6.19 Å². The van der Waals surface area contributed by atoms with Gasteiger partial charge in [0.1, 0.15) is 12.5 Å². The third-order valence-corrected chi connectivity index (χ3v) is 2.50. The molecule has 84 valence electrons. The summed E-state index contributed by atoms with van der Waals surface area (Å²) in [6.45, 7) is 9.49. The second-order valence-corrected chi connectivity index (χ2v) is 4.99. The van der Waals surface area contributed by atoms with Crippen LogP contribution in [0.2, 0.25) is 0 Å². The van der Waals surface area contributed by atoms with E-state index in [9.17, 15) is 0 Å². The first-order valence-corrected chi connectivity index (χ1v) is 5.49. The molecule has 0 spiro atoms. The average Bonchev–Trinajstić information content (AvgIpc) is 2.56. The van der Waals surface area contributed by atoms with Gasteiger partial charge in [0.2, 0.25) is 0 Å². The minimum absolute atomic E-state index is 0.0277. The average molecular weight is 208 g/mol. The van der Waals surface area contributed by atoms with Gasteiger partial charge in [0, 0.05) is 12.0 Å². The molecule has 0 aromatic rings. The van der Waals surface area contributed by atoms with Crippen LogP contribution in [0.1, 0.15) is 40.5 Å². The summed E-state index contributed by atoms with van der Waals surface area (Å²) >= 11 is 0. The zero-order valence-electron chi connectivity index (χ0n) is 10.1. The van der Waals surface area contributed by atoms with E-state index in [-0.39, 0.29) is 11.6 Å². The summed E-state index contributed by atoms with van der Waals surface area (Å²) in [5.74, 6) is 0. The molecule has 1 unspecified atom stereocenters. The third-order valence-electron chi connectivity index (χ3n) is 2.50. The fourth-order valence-electron chi connectivity index (χ4n) is 1.84. The SMILES string of the molecule is CCCCN1N=CN(C#N)C1C(C)(C)C. The van der Waals surface area contributed by atoms with E-state index >= 15 is 0 Å². The summed E-state index contributed by atoms with van der Waals surface area (Å²) in [6.07, 6.45) is 6.13. The van der Waals surface area contributed by atoms with E-state index in [2.05, 4.69) is 39.0 Å². The molecule has 0 amide bonds. The van der Waals surface area contributed by atoms with Crippen LogP contribution in [0, 0.1) is 16.9 Å². The van der Waals surface area contributed by atoms with Gasteiger partial charge < -0.3 is 0 Å². The van der Waals surface area contributed by atoms with Crippen molar-refractivity contribution in [1.82, 2.24) is 9.91 Å². The van der Waals surface area contributed by atoms with Gasteiger partial charge in [-0.2, -0.15) is 10.4 Å². The van der Waals surface area contributed by atoms with Gasteiger partial charge in [-0.1, -0.05) is 34.1 Å². The van der Waals surface area contributed by atoms with E-state index < -0.39 is 0 Å². The molecule has 0 saturated heterocycles. The lowest BCUT2D eigenvalue weighted by molar-refractivity contribution is 0.0593. The van der Waals surface area contributed by atoms with E-state index in [1.54, 1.807) is 11.2 Å². The molecule has 0 saturated carbocycles. The van der Waals surface area contributed by atoms with Crippen molar-refractivity contribution in [1.29, 1.82) is 5.26 Å².